The fourth-order valence-corrected chi connectivity index (χ4v) is 2.39. The van der Waals surface area contributed by atoms with E-state index in [2.05, 4.69) is 11.1 Å². The van der Waals surface area contributed by atoms with Gasteiger partial charge in [0.15, 0.2) is 5.69 Å². The Bertz CT molecular complexity index is 782. The molecule has 3 nitrogen and oxygen atoms in total. The van der Waals surface area contributed by atoms with Gasteiger partial charge >= 0.3 is 0 Å². The minimum absolute atomic E-state index is 0.483. The minimum Gasteiger partial charge on any atom is -0.302 e. The fraction of sp³-hybridized carbons (Fsp3) is 0.125. The monoisotopic (exact) mass is 281 g/mol. The van der Waals surface area contributed by atoms with Crippen molar-refractivity contribution in [3.05, 3.63) is 70.8 Å². The van der Waals surface area contributed by atoms with Crippen LogP contribution in [0.5, 0.6) is 0 Å². The first-order valence-electron chi connectivity index (χ1n) is 6.38. The van der Waals surface area contributed by atoms with Crippen molar-refractivity contribution in [3.8, 4) is 6.07 Å². The number of fused-ring (bicyclic) bond motifs is 1. The van der Waals surface area contributed by atoms with E-state index < -0.39 is 0 Å². The lowest BCUT2D eigenvalue weighted by Crippen LogP contribution is -1.97. The van der Waals surface area contributed by atoms with E-state index >= 15 is 0 Å². The van der Waals surface area contributed by atoms with E-state index in [0.29, 0.717) is 5.69 Å². The Kier molecular flexibility index (Phi) is 3.41. The second kappa shape index (κ2) is 5.36. The molecule has 3 rings (SSSR count). The number of benzene rings is 1. The average molecular weight is 282 g/mol. The van der Waals surface area contributed by atoms with Crippen LogP contribution in [0.15, 0.2) is 48.7 Å². The first-order chi connectivity index (χ1) is 9.78. The van der Waals surface area contributed by atoms with E-state index in [1.807, 2.05) is 53.1 Å². The van der Waals surface area contributed by atoms with Gasteiger partial charge in [-0.05, 0) is 36.2 Å². The second-order valence-corrected chi connectivity index (χ2v) is 5.01. The van der Waals surface area contributed by atoms with Crippen molar-refractivity contribution >= 4 is 17.1 Å². The number of pyridine rings is 1. The number of imidazole rings is 1. The number of nitriles is 1. The number of hydrogen-bond donors (Lipinski definition) is 0. The molecule has 0 fully saturated rings. The first kappa shape index (κ1) is 12.7. The van der Waals surface area contributed by atoms with Crippen molar-refractivity contribution in [1.82, 2.24) is 9.38 Å². The van der Waals surface area contributed by atoms with E-state index in [9.17, 15) is 0 Å². The summed E-state index contributed by atoms with van der Waals surface area (Å²) in [5.74, 6) is 0.909. The quantitative estimate of drug-likeness (QED) is 0.735. The van der Waals surface area contributed by atoms with Crippen LogP contribution in [0.3, 0.4) is 0 Å². The molecule has 0 N–H and O–H groups in total. The summed E-state index contributed by atoms with van der Waals surface area (Å²) in [6.45, 7) is 0. The van der Waals surface area contributed by atoms with Gasteiger partial charge in [0.25, 0.3) is 0 Å². The highest BCUT2D eigenvalue weighted by atomic mass is 35.5. The molecule has 0 bridgehead atoms. The van der Waals surface area contributed by atoms with Crippen LogP contribution in [0.2, 0.25) is 5.02 Å². The third kappa shape index (κ3) is 2.38. The van der Waals surface area contributed by atoms with Crippen molar-refractivity contribution in [3.63, 3.8) is 0 Å². The van der Waals surface area contributed by atoms with Crippen LogP contribution in [0, 0.1) is 11.3 Å². The van der Waals surface area contributed by atoms with Crippen molar-refractivity contribution in [1.29, 1.82) is 5.26 Å². The SMILES string of the molecule is N#Cc1nc(CCc2ccc(Cl)cc2)n2ccccc12. The Balaban J connectivity index is 1.88. The topological polar surface area (TPSA) is 41.1 Å². The molecule has 0 saturated heterocycles. The molecule has 0 radical (unpaired) electrons. The molecule has 0 aliphatic carbocycles. The maximum atomic E-state index is 9.12. The summed E-state index contributed by atoms with van der Waals surface area (Å²) < 4.78 is 1.98. The summed E-state index contributed by atoms with van der Waals surface area (Å²) in [5, 5.41) is 9.87. The van der Waals surface area contributed by atoms with Gasteiger partial charge in [-0.25, -0.2) is 4.98 Å². The number of rotatable bonds is 3. The molecule has 4 heteroatoms. The van der Waals surface area contributed by atoms with Gasteiger partial charge in [0, 0.05) is 17.6 Å². The lowest BCUT2D eigenvalue weighted by atomic mass is 10.1. The third-order valence-electron chi connectivity index (χ3n) is 3.28. The van der Waals surface area contributed by atoms with Gasteiger partial charge in [-0.15, -0.1) is 0 Å². The number of hydrogen-bond acceptors (Lipinski definition) is 2. The van der Waals surface area contributed by atoms with Gasteiger partial charge in [0.05, 0.1) is 5.52 Å². The molecule has 98 valence electrons. The van der Waals surface area contributed by atoms with Crippen LogP contribution in [-0.4, -0.2) is 9.38 Å². The van der Waals surface area contributed by atoms with Gasteiger partial charge in [-0.3, -0.25) is 0 Å². The van der Waals surface area contributed by atoms with Gasteiger partial charge in [-0.2, -0.15) is 5.26 Å². The van der Waals surface area contributed by atoms with Crippen LogP contribution < -0.4 is 0 Å². The van der Waals surface area contributed by atoms with Gasteiger partial charge in [-0.1, -0.05) is 29.8 Å². The summed E-state index contributed by atoms with van der Waals surface area (Å²) in [4.78, 5) is 4.42. The second-order valence-electron chi connectivity index (χ2n) is 4.57. The van der Waals surface area contributed by atoms with Gasteiger partial charge in [0.2, 0.25) is 0 Å². The zero-order valence-electron chi connectivity index (χ0n) is 10.8. The Labute approximate surface area is 122 Å². The van der Waals surface area contributed by atoms with Crippen LogP contribution >= 0.6 is 11.6 Å². The molecule has 2 aromatic heterocycles. The minimum atomic E-state index is 0.483. The number of nitrogens with zero attached hydrogens (tertiary/aromatic N) is 3. The van der Waals surface area contributed by atoms with E-state index in [-0.39, 0.29) is 0 Å². The maximum absolute atomic E-state index is 9.12. The third-order valence-corrected chi connectivity index (χ3v) is 3.53. The van der Waals surface area contributed by atoms with E-state index in [1.54, 1.807) is 0 Å². The molecule has 0 saturated carbocycles. The number of aryl methyl sites for hydroxylation is 2. The van der Waals surface area contributed by atoms with Crippen LogP contribution in [0.1, 0.15) is 17.1 Å². The lowest BCUT2D eigenvalue weighted by molar-refractivity contribution is 0.852. The molecule has 0 atom stereocenters. The molecule has 0 amide bonds. The van der Waals surface area contributed by atoms with E-state index in [0.717, 1.165) is 29.2 Å². The molecule has 1 aromatic carbocycles. The average Bonchev–Trinajstić information content (AvgIpc) is 2.85. The molecular formula is C16H12ClN3. The van der Waals surface area contributed by atoms with E-state index in [4.69, 9.17) is 16.9 Å². The summed E-state index contributed by atoms with van der Waals surface area (Å²) >= 11 is 5.88. The molecule has 0 aliphatic heterocycles. The van der Waals surface area contributed by atoms with Crippen molar-refractivity contribution in [2.75, 3.05) is 0 Å². The van der Waals surface area contributed by atoms with E-state index in [1.165, 1.54) is 5.56 Å². The molecule has 20 heavy (non-hydrogen) atoms. The summed E-state index contributed by atoms with van der Waals surface area (Å²) in [6.07, 6.45) is 3.60. The molecular weight excluding hydrogens is 270 g/mol. The van der Waals surface area contributed by atoms with Crippen molar-refractivity contribution in [2.24, 2.45) is 0 Å². The Morgan fingerprint density at radius 3 is 2.65 bits per heavy atom. The number of halogens is 1. The predicted molar refractivity (Wildman–Crippen MR) is 78.8 cm³/mol. The molecule has 2 heterocycles. The zero-order valence-corrected chi connectivity index (χ0v) is 11.5. The van der Waals surface area contributed by atoms with Crippen molar-refractivity contribution in [2.45, 2.75) is 12.8 Å². The molecule has 0 unspecified atom stereocenters. The highest BCUT2D eigenvalue weighted by Crippen LogP contribution is 2.15. The Hall–Kier alpha value is -2.31. The van der Waals surface area contributed by atoms with Crippen molar-refractivity contribution < 1.29 is 0 Å². The van der Waals surface area contributed by atoms with Crippen LogP contribution in [0.25, 0.3) is 5.52 Å². The fourth-order valence-electron chi connectivity index (χ4n) is 2.27. The normalized spacial score (nSPS) is 10.6. The summed E-state index contributed by atoms with van der Waals surface area (Å²) in [5.41, 5.74) is 2.55. The summed E-state index contributed by atoms with van der Waals surface area (Å²) in [7, 11) is 0. The van der Waals surface area contributed by atoms with Gasteiger partial charge in [0.1, 0.15) is 11.9 Å². The lowest BCUT2D eigenvalue weighted by Gasteiger charge is -2.02. The molecule has 3 aromatic rings. The predicted octanol–water partition coefficient (Wildman–Crippen LogP) is 3.64. The van der Waals surface area contributed by atoms with Crippen LogP contribution in [-0.2, 0) is 12.8 Å². The molecule has 0 aliphatic rings. The summed E-state index contributed by atoms with van der Waals surface area (Å²) in [6, 6.07) is 15.7. The molecule has 0 spiro atoms. The highest BCUT2D eigenvalue weighted by molar-refractivity contribution is 6.30. The van der Waals surface area contributed by atoms with Crippen LogP contribution in [0.4, 0.5) is 0 Å². The smallest absolute Gasteiger partial charge is 0.166 e. The Morgan fingerprint density at radius 1 is 1.10 bits per heavy atom. The number of aromatic nitrogens is 2. The maximum Gasteiger partial charge on any atom is 0.166 e. The first-order valence-corrected chi connectivity index (χ1v) is 6.76. The standard InChI is InChI=1S/C16H12ClN3/c17-13-7-4-12(5-8-13)6-9-16-19-14(11-18)15-3-1-2-10-20(15)16/h1-5,7-8,10H,6,9H2. The van der Waals surface area contributed by atoms with Gasteiger partial charge < -0.3 is 4.40 Å². The zero-order chi connectivity index (χ0) is 13.9. The Morgan fingerprint density at radius 2 is 1.90 bits per heavy atom. The largest absolute Gasteiger partial charge is 0.302 e. The highest BCUT2D eigenvalue weighted by Gasteiger charge is 2.09.